The summed E-state index contributed by atoms with van der Waals surface area (Å²) in [5.41, 5.74) is 2.35. The van der Waals surface area contributed by atoms with Gasteiger partial charge in [-0.05, 0) is 23.9 Å². The molecule has 3 aromatic rings. The van der Waals surface area contributed by atoms with Gasteiger partial charge in [-0.15, -0.1) is 0 Å². The molecule has 0 saturated carbocycles. The highest BCUT2D eigenvalue weighted by Gasteiger charge is 2.09. The van der Waals surface area contributed by atoms with Crippen LogP contribution in [0.25, 0.3) is 10.8 Å². The highest BCUT2D eigenvalue weighted by Crippen LogP contribution is 2.25. The zero-order valence-corrected chi connectivity index (χ0v) is 11.9. The molecule has 0 unspecified atom stereocenters. The fourth-order valence-electron chi connectivity index (χ4n) is 2.53. The van der Waals surface area contributed by atoms with Gasteiger partial charge in [0.25, 0.3) is 0 Å². The second-order valence-corrected chi connectivity index (χ2v) is 5.15. The molecule has 0 saturated heterocycles. The van der Waals surface area contributed by atoms with Crippen molar-refractivity contribution in [2.75, 3.05) is 11.9 Å². The average Bonchev–Trinajstić information content (AvgIpc) is 2.47. The quantitative estimate of drug-likeness (QED) is 0.704. The van der Waals surface area contributed by atoms with Crippen molar-refractivity contribution in [2.24, 2.45) is 0 Å². The van der Waals surface area contributed by atoms with E-state index >= 15 is 0 Å². The summed E-state index contributed by atoms with van der Waals surface area (Å²) in [5, 5.41) is 2.45. The van der Waals surface area contributed by atoms with Gasteiger partial charge in [0.15, 0.2) is 0 Å². The molecule has 0 amide bonds. The molecule has 2 nitrogen and oxygen atoms in total. The van der Waals surface area contributed by atoms with Crippen LogP contribution in [-0.2, 0) is 6.54 Å². The van der Waals surface area contributed by atoms with Crippen molar-refractivity contribution in [3.63, 3.8) is 0 Å². The maximum absolute atomic E-state index is 4.72. The van der Waals surface area contributed by atoms with E-state index in [1.54, 1.807) is 0 Å². The van der Waals surface area contributed by atoms with Crippen LogP contribution in [0.2, 0.25) is 0 Å². The molecule has 0 spiro atoms. The van der Waals surface area contributed by atoms with Crippen LogP contribution in [0.15, 0.2) is 60.7 Å². The number of aromatic nitrogens is 1. The largest absolute Gasteiger partial charge is 0.355 e. The van der Waals surface area contributed by atoms with Gasteiger partial charge in [-0.3, -0.25) is 0 Å². The lowest BCUT2D eigenvalue weighted by Gasteiger charge is -2.20. The predicted molar refractivity (Wildman–Crippen MR) is 85.0 cm³/mol. The lowest BCUT2D eigenvalue weighted by atomic mass is 10.1. The van der Waals surface area contributed by atoms with Gasteiger partial charge in [-0.25, -0.2) is 4.98 Å². The second-order valence-electron chi connectivity index (χ2n) is 5.15. The van der Waals surface area contributed by atoms with E-state index in [1.807, 2.05) is 13.0 Å². The van der Waals surface area contributed by atoms with Crippen molar-refractivity contribution in [2.45, 2.75) is 13.5 Å². The Labute approximate surface area is 119 Å². The van der Waals surface area contributed by atoms with Crippen molar-refractivity contribution >= 4 is 16.6 Å². The minimum absolute atomic E-state index is 0.862. The summed E-state index contributed by atoms with van der Waals surface area (Å²) in [7, 11) is 2.10. The standard InChI is InChI=1S/C18H18N2/c1-14-12-16-10-6-7-11-17(16)18(19-14)20(2)13-15-8-4-3-5-9-15/h3-12H,13H2,1-2H3. The van der Waals surface area contributed by atoms with E-state index in [2.05, 4.69) is 66.5 Å². The molecule has 0 N–H and O–H groups in total. The van der Waals surface area contributed by atoms with Crippen molar-refractivity contribution in [3.8, 4) is 0 Å². The first-order valence-electron chi connectivity index (χ1n) is 6.85. The van der Waals surface area contributed by atoms with E-state index in [4.69, 9.17) is 4.98 Å². The zero-order valence-electron chi connectivity index (χ0n) is 11.9. The van der Waals surface area contributed by atoms with Crippen LogP contribution in [-0.4, -0.2) is 12.0 Å². The molecule has 1 aromatic heterocycles. The second kappa shape index (κ2) is 5.33. The number of benzene rings is 2. The van der Waals surface area contributed by atoms with Gasteiger partial charge in [0.1, 0.15) is 5.82 Å². The molecule has 0 bridgehead atoms. The molecule has 2 aromatic carbocycles. The molecule has 1 heterocycles. The molecule has 0 radical (unpaired) electrons. The maximum Gasteiger partial charge on any atom is 0.136 e. The van der Waals surface area contributed by atoms with E-state index in [9.17, 15) is 0 Å². The lowest BCUT2D eigenvalue weighted by Crippen LogP contribution is -2.18. The number of pyridine rings is 1. The van der Waals surface area contributed by atoms with Crippen LogP contribution in [0, 0.1) is 6.92 Å². The Balaban J connectivity index is 2.01. The van der Waals surface area contributed by atoms with E-state index in [0.29, 0.717) is 0 Å². The van der Waals surface area contributed by atoms with Crippen LogP contribution in [0.1, 0.15) is 11.3 Å². The molecule has 0 aliphatic rings. The normalized spacial score (nSPS) is 10.7. The summed E-state index contributed by atoms with van der Waals surface area (Å²) in [5.74, 6) is 1.05. The van der Waals surface area contributed by atoms with Gasteiger partial charge in [0.2, 0.25) is 0 Å². The minimum Gasteiger partial charge on any atom is -0.355 e. The van der Waals surface area contributed by atoms with Crippen molar-refractivity contribution < 1.29 is 0 Å². The van der Waals surface area contributed by atoms with E-state index < -0.39 is 0 Å². The molecule has 0 atom stereocenters. The lowest BCUT2D eigenvalue weighted by molar-refractivity contribution is 0.900. The maximum atomic E-state index is 4.72. The minimum atomic E-state index is 0.862. The first kappa shape index (κ1) is 12.7. The number of aryl methyl sites for hydroxylation is 1. The van der Waals surface area contributed by atoms with Crippen molar-refractivity contribution in [1.29, 1.82) is 0 Å². The molecular formula is C18H18N2. The number of anilines is 1. The summed E-state index contributed by atoms with van der Waals surface area (Å²) >= 11 is 0. The Morgan fingerprint density at radius 3 is 2.45 bits per heavy atom. The van der Waals surface area contributed by atoms with Gasteiger partial charge in [0, 0.05) is 24.7 Å². The SMILES string of the molecule is Cc1cc2ccccc2c(N(C)Cc2ccccc2)n1. The summed E-state index contributed by atoms with van der Waals surface area (Å²) < 4.78 is 0. The molecule has 0 fully saturated rings. The van der Waals surface area contributed by atoms with Crippen molar-refractivity contribution in [3.05, 3.63) is 71.9 Å². The first-order valence-corrected chi connectivity index (χ1v) is 6.85. The third kappa shape index (κ3) is 2.50. The van der Waals surface area contributed by atoms with E-state index in [-0.39, 0.29) is 0 Å². The Hall–Kier alpha value is -2.35. The van der Waals surface area contributed by atoms with Gasteiger partial charge in [-0.1, -0.05) is 54.6 Å². The molecule has 3 rings (SSSR count). The summed E-state index contributed by atoms with van der Waals surface area (Å²) in [6, 6.07) is 21.0. The summed E-state index contributed by atoms with van der Waals surface area (Å²) in [6.45, 7) is 2.91. The zero-order chi connectivity index (χ0) is 13.9. The third-order valence-corrected chi connectivity index (χ3v) is 3.47. The van der Waals surface area contributed by atoms with Crippen molar-refractivity contribution in [1.82, 2.24) is 4.98 Å². The Kier molecular flexibility index (Phi) is 3.38. The molecule has 100 valence electrons. The number of hydrogen-bond donors (Lipinski definition) is 0. The van der Waals surface area contributed by atoms with E-state index in [0.717, 1.165) is 18.1 Å². The Morgan fingerprint density at radius 1 is 0.950 bits per heavy atom. The first-order chi connectivity index (χ1) is 9.74. The average molecular weight is 262 g/mol. The highest BCUT2D eigenvalue weighted by molar-refractivity contribution is 5.92. The van der Waals surface area contributed by atoms with Gasteiger partial charge in [-0.2, -0.15) is 0 Å². The third-order valence-electron chi connectivity index (χ3n) is 3.47. The van der Waals surface area contributed by atoms with Gasteiger partial charge in [0.05, 0.1) is 0 Å². The van der Waals surface area contributed by atoms with Gasteiger partial charge >= 0.3 is 0 Å². The highest BCUT2D eigenvalue weighted by atomic mass is 15.2. The molecule has 20 heavy (non-hydrogen) atoms. The van der Waals surface area contributed by atoms with Crippen LogP contribution in [0.4, 0.5) is 5.82 Å². The Morgan fingerprint density at radius 2 is 1.65 bits per heavy atom. The summed E-state index contributed by atoms with van der Waals surface area (Å²) in [4.78, 5) is 6.94. The Bertz CT molecular complexity index is 720. The topological polar surface area (TPSA) is 16.1 Å². The number of rotatable bonds is 3. The van der Waals surface area contributed by atoms with Gasteiger partial charge < -0.3 is 4.90 Å². The molecule has 0 aliphatic heterocycles. The van der Waals surface area contributed by atoms with Crippen LogP contribution in [0.5, 0.6) is 0 Å². The number of hydrogen-bond acceptors (Lipinski definition) is 2. The number of fused-ring (bicyclic) bond motifs is 1. The predicted octanol–water partition coefficient (Wildman–Crippen LogP) is 4.18. The monoisotopic (exact) mass is 262 g/mol. The fraction of sp³-hybridized carbons (Fsp3) is 0.167. The fourth-order valence-corrected chi connectivity index (χ4v) is 2.53. The molecular weight excluding hydrogens is 244 g/mol. The van der Waals surface area contributed by atoms with Crippen LogP contribution in [0.3, 0.4) is 0 Å². The summed E-state index contributed by atoms with van der Waals surface area (Å²) in [6.07, 6.45) is 0. The van der Waals surface area contributed by atoms with Crippen LogP contribution < -0.4 is 4.90 Å². The molecule has 2 heteroatoms. The molecule has 0 aliphatic carbocycles. The smallest absolute Gasteiger partial charge is 0.136 e. The number of nitrogens with zero attached hydrogens (tertiary/aromatic N) is 2. The van der Waals surface area contributed by atoms with E-state index in [1.165, 1.54) is 16.3 Å². The van der Waals surface area contributed by atoms with Crippen LogP contribution >= 0.6 is 0 Å².